The number of aromatic nitrogens is 1. The Morgan fingerprint density at radius 1 is 1.53 bits per heavy atom. The van der Waals surface area contributed by atoms with Crippen molar-refractivity contribution in [3.63, 3.8) is 0 Å². The second-order valence-electron chi connectivity index (χ2n) is 3.94. The van der Waals surface area contributed by atoms with E-state index >= 15 is 0 Å². The van der Waals surface area contributed by atoms with Crippen LogP contribution in [-0.2, 0) is 17.6 Å². The molecule has 0 radical (unpaired) electrons. The maximum atomic E-state index is 5.01. The second-order valence-corrected chi connectivity index (χ2v) is 5.06. The van der Waals surface area contributed by atoms with Gasteiger partial charge in [0.05, 0.1) is 18.3 Å². The minimum Gasteiger partial charge on any atom is -0.383 e. The van der Waals surface area contributed by atoms with Crippen molar-refractivity contribution in [2.45, 2.75) is 32.2 Å². The first-order valence-electron chi connectivity index (χ1n) is 5.52. The predicted molar refractivity (Wildman–Crippen MR) is 62.4 cm³/mol. The van der Waals surface area contributed by atoms with E-state index in [1.54, 1.807) is 7.11 Å². The van der Waals surface area contributed by atoms with E-state index in [9.17, 15) is 0 Å². The largest absolute Gasteiger partial charge is 0.383 e. The molecule has 1 aliphatic carbocycles. The van der Waals surface area contributed by atoms with Crippen LogP contribution in [0.1, 0.15) is 35.0 Å². The van der Waals surface area contributed by atoms with Crippen molar-refractivity contribution in [1.82, 2.24) is 10.3 Å². The summed E-state index contributed by atoms with van der Waals surface area (Å²) in [7, 11) is 1.73. The van der Waals surface area contributed by atoms with Gasteiger partial charge in [-0.3, -0.25) is 0 Å². The van der Waals surface area contributed by atoms with E-state index in [2.05, 4.69) is 17.2 Å². The van der Waals surface area contributed by atoms with Crippen molar-refractivity contribution < 1.29 is 4.74 Å². The topological polar surface area (TPSA) is 34.1 Å². The zero-order chi connectivity index (χ0) is 10.7. The predicted octanol–water partition coefficient (Wildman–Crippen LogP) is 1.93. The lowest BCUT2D eigenvalue weighted by Crippen LogP contribution is -2.22. The minimum atomic E-state index is 0.357. The molecular weight excluding hydrogens is 208 g/mol. The summed E-state index contributed by atoms with van der Waals surface area (Å²) in [5.74, 6) is 0. The van der Waals surface area contributed by atoms with Crippen LogP contribution < -0.4 is 5.32 Å². The van der Waals surface area contributed by atoms with Crippen molar-refractivity contribution in [3.05, 3.63) is 15.6 Å². The molecule has 0 aromatic carbocycles. The third kappa shape index (κ3) is 2.56. The first-order valence-corrected chi connectivity index (χ1v) is 6.33. The van der Waals surface area contributed by atoms with Crippen LogP contribution in [0.25, 0.3) is 0 Å². The van der Waals surface area contributed by atoms with Crippen LogP contribution in [0.2, 0.25) is 0 Å². The Bertz CT molecular complexity index is 303. The molecule has 0 spiro atoms. The van der Waals surface area contributed by atoms with Crippen LogP contribution in [0.15, 0.2) is 0 Å². The van der Waals surface area contributed by atoms with Crippen LogP contribution in [0.3, 0.4) is 0 Å². The maximum Gasteiger partial charge on any atom is 0.110 e. The fraction of sp³-hybridized carbons (Fsp3) is 0.727. The van der Waals surface area contributed by atoms with Gasteiger partial charge in [0.25, 0.3) is 0 Å². The molecule has 3 nitrogen and oxygen atoms in total. The summed E-state index contributed by atoms with van der Waals surface area (Å²) in [5.41, 5.74) is 1.34. The second kappa shape index (κ2) is 5.05. The third-order valence-electron chi connectivity index (χ3n) is 2.74. The number of hydrogen-bond donors (Lipinski definition) is 1. The quantitative estimate of drug-likeness (QED) is 0.779. The molecule has 4 heteroatoms. The highest BCUT2D eigenvalue weighted by atomic mass is 32.1. The molecule has 2 rings (SSSR count). The molecule has 0 bridgehead atoms. The maximum absolute atomic E-state index is 5.01. The highest BCUT2D eigenvalue weighted by Gasteiger charge is 2.19. The van der Waals surface area contributed by atoms with Gasteiger partial charge in [0.15, 0.2) is 0 Å². The van der Waals surface area contributed by atoms with Crippen molar-refractivity contribution in [1.29, 1.82) is 0 Å². The van der Waals surface area contributed by atoms with Crippen LogP contribution in [0.4, 0.5) is 0 Å². The molecule has 0 saturated carbocycles. The van der Waals surface area contributed by atoms with Gasteiger partial charge in [-0.2, -0.15) is 0 Å². The SMILES string of the molecule is COCCNC(C)c1nc2c(s1)CCC2. The van der Waals surface area contributed by atoms with Crippen LogP contribution in [-0.4, -0.2) is 25.2 Å². The number of ether oxygens (including phenoxy) is 1. The first kappa shape index (κ1) is 11.0. The molecule has 1 heterocycles. The fourth-order valence-corrected chi connectivity index (χ4v) is 3.04. The molecule has 15 heavy (non-hydrogen) atoms. The molecule has 0 fully saturated rings. The zero-order valence-corrected chi connectivity index (χ0v) is 10.2. The smallest absolute Gasteiger partial charge is 0.110 e. The van der Waals surface area contributed by atoms with E-state index in [1.165, 1.54) is 34.8 Å². The van der Waals surface area contributed by atoms with Gasteiger partial charge in [-0.15, -0.1) is 11.3 Å². The van der Waals surface area contributed by atoms with Gasteiger partial charge in [-0.05, 0) is 26.2 Å². The van der Waals surface area contributed by atoms with E-state index in [4.69, 9.17) is 4.74 Å². The Balaban J connectivity index is 1.91. The minimum absolute atomic E-state index is 0.357. The number of aryl methyl sites for hydroxylation is 2. The van der Waals surface area contributed by atoms with Crippen molar-refractivity contribution in [3.8, 4) is 0 Å². The lowest BCUT2D eigenvalue weighted by Gasteiger charge is -2.10. The fourth-order valence-electron chi connectivity index (χ4n) is 1.86. The number of rotatable bonds is 5. The summed E-state index contributed by atoms with van der Waals surface area (Å²) in [6.45, 7) is 3.82. The molecule has 0 saturated heterocycles. The number of fused-ring (bicyclic) bond motifs is 1. The number of methoxy groups -OCH3 is 1. The van der Waals surface area contributed by atoms with E-state index in [0.717, 1.165) is 13.2 Å². The van der Waals surface area contributed by atoms with Gasteiger partial charge in [-0.1, -0.05) is 0 Å². The highest BCUT2D eigenvalue weighted by Crippen LogP contribution is 2.30. The number of nitrogens with zero attached hydrogens (tertiary/aromatic N) is 1. The molecular formula is C11H18N2OS. The molecule has 1 aromatic heterocycles. The molecule has 1 N–H and O–H groups in total. The number of thiazole rings is 1. The summed E-state index contributed by atoms with van der Waals surface area (Å²) in [6.07, 6.45) is 3.70. The van der Waals surface area contributed by atoms with Crippen LogP contribution in [0.5, 0.6) is 0 Å². The zero-order valence-electron chi connectivity index (χ0n) is 9.38. The van der Waals surface area contributed by atoms with Crippen LogP contribution in [0, 0.1) is 0 Å². The Hall–Kier alpha value is -0.450. The highest BCUT2D eigenvalue weighted by molar-refractivity contribution is 7.11. The van der Waals surface area contributed by atoms with E-state index in [0.29, 0.717) is 6.04 Å². The summed E-state index contributed by atoms with van der Waals surface area (Å²) >= 11 is 1.87. The van der Waals surface area contributed by atoms with Gasteiger partial charge in [0.1, 0.15) is 5.01 Å². The van der Waals surface area contributed by atoms with Crippen LogP contribution >= 0.6 is 11.3 Å². The van der Waals surface area contributed by atoms with Crippen molar-refractivity contribution >= 4 is 11.3 Å². The Morgan fingerprint density at radius 3 is 3.13 bits per heavy atom. The summed E-state index contributed by atoms with van der Waals surface area (Å²) < 4.78 is 5.01. The Labute approximate surface area is 94.9 Å². The van der Waals surface area contributed by atoms with Gasteiger partial charge < -0.3 is 10.1 Å². The summed E-state index contributed by atoms with van der Waals surface area (Å²) in [6, 6.07) is 0.357. The van der Waals surface area contributed by atoms with Crippen molar-refractivity contribution in [2.24, 2.45) is 0 Å². The molecule has 0 aliphatic heterocycles. The standard InChI is InChI=1S/C11H18N2OS/c1-8(12-6-7-14-2)11-13-9-4-3-5-10(9)15-11/h8,12H,3-7H2,1-2H3. The van der Waals surface area contributed by atoms with Gasteiger partial charge in [0, 0.05) is 18.5 Å². The third-order valence-corrected chi connectivity index (χ3v) is 4.08. The molecule has 1 aliphatic rings. The first-order chi connectivity index (χ1) is 7.31. The normalized spacial score (nSPS) is 16.7. The Kier molecular flexibility index (Phi) is 3.72. The number of hydrogen-bond acceptors (Lipinski definition) is 4. The lowest BCUT2D eigenvalue weighted by atomic mass is 10.3. The molecule has 0 amide bonds. The molecule has 1 atom stereocenters. The summed E-state index contributed by atoms with van der Waals surface area (Å²) in [5, 5.41) is 4.64. The summed E-state index contributed by atoms with van der Waals surface area (Å²) in [4.78, 5) is 6.19. The van der Waals surface area contributed by atoms with E-state index in [-0.39, 0.29) is 0 Å². The number of nitrogens with one attached hydrogen (secondary N) is 1. The van der Waals surface area contributed by atoms with Gasteiger partial charge in [0.2, 0.25) is 0 Å². The molecule has 1 unspecified atom stereocenters. The van der Waals surface area contributed by atoms with Gasteiger partial charge in [-0.25, -0.2) is 4.98 Å². The lowest BCUT2D eigenvalue weighted by molar-refractivity contribution is 0.196. The average Bonchev–Trinajstić information content (AvgIpc) is 2.76. The van der Waals surface area contributed by atoms with E-state index in [1.807, 2.05) is 11.3 Å². The monoisotopic (exact) mass is 226 g/mol. The van der Waals surface area contributed by atoms with E-state index < -0.39 is 0 Å². The molecule has 1 aromatic rings. The van der Waals surface area contributed by atoms with Gasteiger partial charge >= 0.3 is 0 Å². The van der Waals surface area contributed by atoms with Crippen molar-refractivity contribution in [2.75, 3.05) is 20.3 Å². The average molecular weight is 226 g/mol. The molecule has 84 valence electrons. The Morgan fingerprint density at radius 2 is 2.40 bits per heavy atom.